The van der Waals surface area contributed by atoms with Crippen molar-refractivity contribution in [2.75, 3.05) is 26.0 Å². The molecule has 0 aliphatic rings. The third-order valence-electron chi connectivity index (χ3n) is 3.50. The fourth-order valence-corrected chi connectivity index (χ4v) is 2.92. The van der Waals surface area contributed by atoms with E-state index in [9.17, 15) is 0 Å². The Labute approximate surface area is 120 Å². The van der Waals surface area contributed by atoms with E-state index in [-0.39, 0.29) is 0 Å². The monoisotopic (exact) mass is 274 g/mol. The minimum Gasteiger partial charge on any atom is -0.378 e. The molecule has 2 rings (SSSR count). The van der Waals surface area contributed by atoms with Gasteiger partial charge in [0, 0.05) is 37.2 Å². The molecule has 0 spiro atoms. The Hall–Kier alpha value is -1.32. The number of hydrogen-bond donors (Lipinski definition) is 0. The molecule has 0 saturated carbocycles. The van der Waals surface area contributed by atoms with Crippen molar-refractivity contribution in [3.05, 3.63) is 52.2 Å². The van der Waals surface area contributed by atoms with E-state index in [2.05, 4.69) is 79.6 Å². The van der Waals surface area contributed by atoms with Crippen LogP contribution in [0.25, 0.3) is 0 Å². The van der Waals surface area contributed by atoms with Crippen LogP contribution in [-0.2, 0) is 6.54 Å². The van der Waals surface area contributed by atoms with Crippen LogP contribution in [0.1, 0.15) is 23.4 Å². The van der Waals surface area contributed by atoms with Crippen LogP contribution in [0.2, 0.25) is 0 Å². The van der Waals surface area contributed by atoms with E-state index in [4.69, 9.17) is 0 Å². The van der Waals surface area contributed by atoms with Crippen LogP contribution in [0.3, 0.4) is 0 Å². The molecule has 2 nitrogen and oxygen atoms in total. The Bertz CT molecular complexity index is 488. The second-order valence-electron chi connectivity index (χ2n) is 5.17. The van der Waals surface area contributed by atoms with E-state index in [1.807, 2.05) is 11.3 Å². The maximum Gasteiger partial charge on any atom is 0.0413 e. The van der Waals surface area contributed by atoms with E-state index in [0.29, 0.717) is 6.04 Å². The number of anilines is 1. The number of rotatable bonds is 5. The van der Waals surface area contributed by atoms with Crippen LogP contribution in [0.4, 0.5) is 5.69 Å². The van der Waals surface area contributed by atoms with Gasteiger partial charge in [-0.15, -0.1) is 11.3 Å². The molecule has 0 aliphatic heterocycles. The first-order chi connectivity index (χ1) is 9.08. The van der Waals surface area contributed by atoms with Crippen molar-refractivity contribution in [3.63, 3.8) is 0 Å². The number of hydrogen-bond acceptors (Lipinski definition) is 3. The second kappa shape index (κ2) is 6.22. The number of nitrogens with zero attached hydrogens (tertiary/aromatic N) is 2. The molecule has 0 aliphatic carbocycles. The summed E-state index contributed by atoms with van der Waals surface area (Å²) < 4.78 is 0. The molecule has 1 unspecified atom stereocenters. The molecule has 1 aromatic carbocycles. The van der Waals surface area contributed by atoms with Gasteiger partial charge >= 0.3 is 0 Å². The van der Waals surface area contributed by atoms with Gasteiger partial charge in [0.25, 0.3) is 0 Å². The average molecular weight is 274 g/mol. The predicted molar refractivity (Wildman–Crippen MR) is 85.0 cm³/mol. The zero-order chi connectivity index (χ0) is 13.8. The summed E-state index contributed by atoms with van der Waals surface area (Å²) in [5, 5.41) is 2.14. The lowest BCUT2D eigenvalue weighted by molar-refractivity contribution is 0.256. The Morgan fingerprint density at radius 3 is 2.26 bits per heavy atom. The molecule has 0 fully saturated rings. The van der Waals surface area contributed by atoms with Crippen molar-refractivity contribution in [1.29, 1.82) is 0 Å². The standard InChI is InChI=1S/C16H22N2S/c1-13(16-6-5-11-19-16)18(4)12-14-7-9-15(10-8-14)17(2)3/h5-11,13H,12H2,1-4H3. The smallest absolute Gasteiger partial charge is 0.0413 e. The van der Waals surface area contributed by atoms with Gasteiger partial charge in [-0.1, -0.05) is 18.2 Å². The van der Waals surface area contributed by atoms with E-state index in [0.717, 1.165) is 6.54 Å². The highest BCUT2D eigenvalue weighted by Crippen LogP contribution is 2.25. The van der Waals surface area contributed by atoms with Crippen LogP contribution < -0.4 is 4.90 Å². The second-order valence-corrected chi connectivity index (χ2v) is 6.15. The molecule has 1 aromatic heterocycles. The molecule has 0 radical (unpaired) electrons. The summed E-state index contributed by atoms with van der Waals surface area (Å²) in [5.41, 5.74) is 2.61. The lowest BCUT2D eigenvalue weighted by Crippen LogP contribution is -2.21. The first-order valence-electron chi connectivity index (χ1n) is 6.58. The molecule has 19 heavy (non-hydrogen) atoms. The molecule has 1 atom stereocenters. The van der Waals surface area contributed by atoms with E-state index in [1.54, 1.807) is 0 Å². The highest BCUT2D eigenvalue weighted by molar-refractivity contribution is 7.10. The summed E-state index contributed by atoms with van der Waals surface area (Å²) >= 11 is 1.83. The van der Waals surface area contributed by atoms with Gasteiger partial charge < -0.3 is 4.90 Å². The van der Waals surface area contributed by atoms with Crippen molar-refractivity contribution in [2.24, 2.45) is 0 Å². The summed E-state index contributed by atoms with van der Waals surface area (Å²) in [6, 6.07) is 13.6. The zero-order valence-electron chi connectivity index (χ0n) is 12.1. The molecular weight excluding hydrogens is 252 g/mol. The predicted octanol–water partition coefficient (Wildman–Crippen LogP) is 4.01. The summed E-state index contributed by atoms with van der Waals surface area (Å²) in [6.45, 7) is 3.24. The summed E-state index contributed by atoms with van der Waals surface area (Å²) in [4.78, 5) is 5.94. The number of thiophene rings is 1. The summed E-state index contributed by atoms with van der Waals surface area (Å²) in [6.07, 6.45) is 0. The molecule has 0 saturated heterocycles. The maximum atomic E-state index is 2.39. The van der Waals surface area contributed by atoms with Gasteiger partial charge in [0.15, 0.2) is 0 Å². The van der Waals surface area contributed by atoms with Crippen molar-refractivity contribution in [3.8, 4) is 0 Å². The van der Waals surface area contributed by atoms with Gasteiger partial charge in [0.1, 0.15) is 0 Å². The minimum absolute atomic E-state index is 0.466. The fourth-order valence-electron chi connectivity index (χ4n) is 2.07. The zero-order valence-corrected chi connectivity index (χ0v) is 12.9. The van der Waals surface area contributed by atoms with Gasteiger partial charge in [-0.05, 0) is 43.1 Å². The summed E-state index contributed by atoms with van der Waals surface area (Å²) in [5.74, 6) is 0. The molecule has 1 heterocycles. The van der Waals surface area contributed by atoms with E-state index < -0.39 is 0 Å². The average Bonchev–Trinajstić information content (AvgIpc) is 2.92. The quantitative estimate of drug-likeness (QED) is 0.813. The van der Waals surface area contributed by atoms with Crippen LogP contribution >= 0.6 is 11.3 Å². The van der Waals surface area contributed by atoms with Crippen molar-refractivity contribution >= 4 is 17.0 Å². The van der Waals surface area contributed by atoms with Gasteiger partial charge in [-0.2, -0.15) is 0 Å². The van der Waals surface area contributed by atoms with Gasteiger partial charge in [0.05, 0.1) is 0 Å². The van der Waals surface area contributed by atoms with Crippen LogP contribution in [-0.4, -0.2) is 26.0 Å². The highest BCUT2D eigenvalue weighted by Gasteiger charge is 2.12. The minimum atomic E-state index is 0.466. The largest absolute Gasteiger partial charge is 0.378 e. The number of benzene rings is 1. The SMILES string of the molecule is CC(c1cccs1)N(C)Cc1ccc(N(C)C)cc1. The molecule has 0 N–H and O–H groups in total. The van der Waals surface area contributed by atoms with Gasteiger partial charge in [-0.3, -0.25) is 4.90 Å². The Morgan fingerprint density at radius 1 is 1.05 bits per heavy atom. The van der Waals surface area contributed by atoms with Gasteiger partial charge in [0.2, 0.25) is 0 Å². The third kappa shape index (κ3) is 3.58. The molecule has 0 amide bonds. The lowest BCUT2D eigenvalue weighted by Gasteiger charge is -2.24. The fraction of sp³-hybridized carbons (Fsp3) is 0.375. The Balaban J connectivity index is 2.00. The highest BCUT2D eigenvalue weighted by atomic mass is 32.1. The normalized spacial score (nSPS) is 12.7. The van der Waals surface area contributed by atoms with Crippen LogP contribution in [0.5, 0.6) is 0 Å². The van der Waals surface area contributed by atoms with Crippen molar-refractivity contribution in [1.82, 2.24) is 4.90 Å². The summed E-state index contributed by atoms with van der Waals surface area (Å²) in [7, 11) is 6.32. The lowest BCUT2D eigenvalue weighted by atomic mass is 10.1. The first-order valence-corrected chi connectivity index (χ1v) is 7.46. The maximum absolute atomic E-state index is 2.39. The van der Waals surface area contributed by atoms with E-state index >= 15 is 0 Å². The molecule has 0 bridgehead atoms. The topological polar surface area (TPSA) is 6.48 Å². The molecule has 102 valence electrons. The first kappa shape index (κ1) is 14.1. The van der Waals surface area contributed by atoms with Crippen LogP contribution in [0, 0.1) is 0 Å². The Morgan fingerprint density at radius 2 is 1.74 bits per heavy atom. The van der Waals surface area contributed by atoms with Crippen molar-refractivity contribution < 1.29 is 0 Å². The van der Waals surface area contributed by atoms with Gasteiger partial charge in [-0.25, -0.2) is 0 Å². The molecular formula is C16H22N2S. The molecule has 2 aromatic rings. The van der Waals surface area contributed by atoms with Crippen molar-refractivity contribution in [2.45, 2.75) is 19.5 Å². The molecule has 3 heteroatoms. The third-order valence-corrected chi connectivity index (χ3v) is 4.54. The van der Waals surface area contributed by atoms with Crippen LogP contribution in [0.15, 0.2) is 41.8 Å². The van der Waals surface area contributed by atoms with E-state index in [1.165, 1.54) is 16.1 Å². The Kier molecular flexibility index (Phi) is 4.61.